The molecule has 1 aromatic rings. The van der Waals surface area contributed by atoms with Gasteiger partial charge in [0, 0.05) is 19.1 Å². The average molecular weight is 222 g/mol. The van der Waals surface area contributed by atoms with Gasteiger partial charge in [0.25, 0.3) is 0 Å². The zero-order valence-electron chi connectivity index (χ0n) is 9.52. The van der Waals surface area contributed by atoms with Crippen molar-refractivity contribution in [2.24, 2.45) is 0 Å². The number of ether oxygens (including phenoxy) is 1. The summed E-state index contributed by atoms with van der Waals surface area (Å²) in [6.45, 7) is 5.53. The molecule has 2 rings (SSSR count). The van der Waals surface area contributed by atoms with Crippen molar-refractivity contribution in [3.63, 3.8) is 0 Å². The molecule has 1 heterocycles. The van der Waals surface area contributed by atoms with E-state index in [-0.39, 0.29) is 6.04 Å². The normalized spacial score (nSPS) is 19.6. The number of phenols is 1. The number of nitrogens with one attached hydrogen (secondary N) is 1. The van der Waals surface area contributed by atoms with Crippen LogP contribution in [-0.4, -0.2) is 36.4 Å². The van der Waals surface area contributed by atoms with E-state index < -0.39 is 0 Å². The van der Waals surface area contributed by atoms with E-state index in [4.69, 9.17) is 4.74 Å². The number of rotatable bonds is 3. The van der Waals surface area contributed by atoms with Crippen molar-refractivity contribution in [2.45, 2.75) is 13.0 Å². The van der Waals surface area contributed by atoms with E-state index >= 15 is 0 Å². The van der Waals surface area contributed by atoms with Crippen LogP contribution < -0.4 is 5.43 Å². The van der Waals surface area contributed by atoms with Crippen molar-refractivity contribution in [1.29, 1.82) is 0 Å². The maximum absolute atomic E-state index is 9.21. The van der Waals surface area contributed by atoms with Crippen molar-refractivity contribution in [3.8, 4) is 5.75 Å². The molecule has 1 aliphatic heterocycles. The molecular formula is C12H18N2O2. The summed E-state index contributed by atoms with van der Waals surface area (Å²) in [6, 6.07) is 7.55. The topological polar surface area (TPSA) is 44.7 Å². The Labute approximate surface area is 95.8 Å². The Morgan fingerprint density at radius 2 is 1.88 bits per heavy atom. The molecule has 0 amide bonds. The van der Waals surface area contributed by atoms with Crippen LogP contribution in [0.3, 0.4) is 0 Å². The van der Waals surface area contributed by atoms with Crippen LogP contribution in [0.25, 0.3) is 0 Å². The zero-order chi connectivity index (χ0) is 11.4. The Bertz CT molecular complexity index is 320. The fourth-order valence-electron chi connectivity index (χ4n) is 1.80. The molecule has 0 radical (unpaired) electrons. The van der Waals surface area contributed by atoms with Crippen molar-refractivity contribution in [1.82, 2.24) is 10.4 Å². The lowest BCUT2D eigenvalue weighted by Gasteiger charge is -2.30. The maximum atomic E-state index is 9.21. The van der Waals surface area contributed by atoms with Gasteiger partial charge in [0.15, 0.2) is 0 Å². The molecule has 0 aromatic heterocycles. The largest absolute Gasteiger partial charge is 0.508 e. The van der Waals surface area contributed by atoms with E-state index in [1.165, 1.54) is 5.56 Å². The summed E-state index contributed by atoms with van der Waals surface area (Å²) in [5.41, 5.74) is 4.60. The van der Waals surface area contributed by atoms with Gasteiger partial charge in [0.2, 0.25) is 0 Å². The molecule has 16 heavy (non-hydrogen) atoms. The number of hydrazine groups is 1. The van der Waals surface area contributed by atoms with Gasteiger partial charge in [-0.15, -0.1) is 0 Å². The number of phenolic OH excluding ortho intramolecular Hbond substituents is 1. The van der Waals surface area contributed by atoms with Crippen LogP contribution in [-0.2, 0) is 4.74 Å². The van der Waals surface area contributed by atoms with Gasteiger partial charge in [-0.2, -0.15) is 0 Å². The highest BCUT2D eigenvalue weighted by molar-refractivity contribution is 5.27. The van der Waals surface area contributed by atoms with E-state index in [1.54, 1.807) is 12.1 Å². The van der Waals surface area contributed by atoms with Crippen LogP contribution in [0.2, 0.25) is 0 Å². The fraction of sp³-hybridized carbons (Fsp3) is 0.500. The summed E-state index contributed by atoms with van der Waals surface area (Å²) < 4.78 is 5.29. The molecule has 1 unspecified atom stereocenters. The molecule has 2 N–H and O–H groups in total. The van der Waals surface area contributed by atoms with E-state index in [9.17, 15) is 5.11 Å². The Hall–Kier alpha value is -1.10. The van der Waals surface area contributed by atoms with Crippen LogP contribution >= 0.6 is 0 Å². The number of nitrogens with zero attached hydrogens (tertiary/aromatic N) is 1. The van der Waals surface area contributed by atoms with E-state index in [0.717, 1.165) is 26.3 Å². The second-order valence-corrected chi connectivity index (χ2v) is 4.04. The Balaban J connectivity index is 1.91. The summed E-state index contributed by atoms with van der Waals surface area (Å²) >= 11 is 0. The summed E-state index contributed by atoms with van der Waals surface area (Å²) in [4.78, 5) is 0. The first-order valence-electron chi connectivity index (χ1n) is 5.63. The third-order valence-electron chi connectivity index (χ3n) is 2.78. The minimum atomic E-state index is 0.249. The molecule has 4 nitrogen and oxygen atoms in total. The second kappa shape index (κ2) is 5.30. The van der Waals surface area contributed by atoms with Crippen LogP contribution in [0, 0.1) is 0 Å². The van der Waals surface area contributed by atoms with Gasteiger partial charge in [-0.05, 0) is 24.6 Å². The van der Waals surface area contributed by atoms with E-state index in [0.29, 0.717) is 5.75 Å². The van der Waals surface area contributed by atoms with Crippen molar-refractivity contribution in [2.75, 3.05) is 26.3 Å². The Morgan fingerprint density at radius 3 is 2.50 bits per heavy atom. The standard InChI is InChI=1S/C12H18N2O2/c1-10(11-2-4-12(15)5-3-11)13-14-6-8-16-9-7-14/h2-5,10,13,15H,6-9H2,1H3. The SMILES string of the molecule is CC(NN1CCOCC1)c1ccc(O)cc1. The molecule has 1 saturated heterocycles. The summed E-state index contributed by atoms with van der Waals surface area (Å²) in [7, 11) is 0. The highest BCUT2D eigenvalue weighted by atomic mass is 16.5. The highest BCUT2D eigenvalue weighted by Crippen LogP contribution is 2.16. The lowest BCUT2D eigenvalue weighted by atomic mass is 10.1. The van der Waals surface area contributed by atoms with Crippen LogP contribution in [0.15, 0.2) is 24.3 Å². The second-order valence-electron chi connectivity index (χ2n) is 4.04. The van der Waals surface area contributed by atoms with Crippen LogP contribution in [0.1, 0.15) is 18.5 Å². The lowest BCUT2D eigenvalue weighted by molar-refractivity contribution is 0.00484. The molecule has 0 bridgehead atoms. The minimum Gasteiger partial charge on any atom is -0.508 e. The van der Waals surface area contributed by atoms with E-state index in [2.05, 4.69) is 17.4 Å². The van der Waals surface area contributed by atoms with Crippen molar-refractivity contribution >= 4 is 0 Å². The first-order chi connectivity index (χ1) is 7.75. The number of hydrogen-bond acceptors (Lipinski definition) is 4. The van der Waals surface area contributed by atoms with Gasteiger partial charge >= 0.3 is 0 Å². The Kier molecular flexibility index (Phi) is 3.77. The first-order valence-corrected chi connectivity index (χ1v) is 5.63. The number of morpholine rings is 1. The molecule has 0 aliphatic carbocycles. The molecule has 0 spiro atoms. The smallest absolute Gasteiger partial charge is 0.115 e. The van der Waals surface area contributed by atoms with Gasteiger partial charge < -0.3 is 9.84 Å². The summed E-state index contributed by atoms with van der Waals surface area (Å²) in [6.07, 6.45) is 0. The monoisotopic (exact) mass is 222 g/mol. The molecule has 1 aliphatic rings. The number of benzene rings is 1. The summed E-state index contributed by atoms with van der Waals surface area (Å²) in [5.74, 6) is 0.308. The van der Waals surface area contributed by atoms with Crippen molar-refractivity contribution in [3.05, 3.63) is 29.8 Å². The molecule has 88 valence electrons. The number of aromatic hydroxyl groups is 1. The number of hydrogen-bond donors (Lipinski definition) is 2. The molecule has 1 fully saturated rings. The van der Waals surface area contributed by atoms with E-state index in [1.807, 2.05) is 12.1 Å². The first kappa shape index (κ1) is 11.4. The quantitative estimate of drug-likeness (QED) is 0.809. The van der Waals surface area contributed by atoms with Gasteiger partial charge in [-0.3, -0.25) is 0 Å². The molecule has 4 heteroatoms. The van der Waals surface area contributed by atoms with Crippen LogP contribution in [0.5, 0.6) is 5.75 Å². The highest BCUT2D eigenvalue weighted by Gasteiger charge is 2.13. The lowest BCUT2D eigenvalue weighted by Crippen LogP contribution is -2.46. The van der Waals surface area contributed by atoms with Gasteiger partial charge in [-0.25, -0.2) is 10.4 Å². The predicted molar refractivity (Wildman–Crippen MR) is 62.0 cm³/mol. The van der Waals surface area contributed by atoms with Gasteiger partial charge in [-0.1, -0.05) is 12.1 Å². The van der Waals surface area contributed by atoms with Gasteiger partial charge in [0.05, 0.1) is 13.2 Å². The fourth-order valence-corrected chi connectivity index (χ4v) is 1.80. The molecule has 0 saturated carbocycles. The molecule has 1 aromatic carbocycles. The predicted octanol–water partition coefficient (Wildman–Crippen LogP) is 1.29. The maximum Gasteiger partial charge on any atom is 0.115 e. The molecule has 1 atom stereocenters. The van der Waals surface area contributed by atoms with Gasteiger partial charge in [0.1, 0.15) is 5.75 Å². The van der Waals surface area contributed by atoms with Crippen LogP contribution in [0.4, 0.5) is 0 Å². The molecular weight excluding hydrogens is 204 g/mol. The zero-order valence-corrected chi connectivity index (χ0v) is 9.52. The third-order valence-corrected chi connectivity index (χ3v) is 2.78. The van der Waals surface area contributed by atoms with Crippen molar-refractivity contribution < 1.29 is 9.84 Å². The summed E-state index contributed by atoms with van der Waals surface area (Å²) in [5, 5.41) is 11.4. The Morgan fingerprint density at radius 1 is 1.25 bits per heavy atom. The average Bonchev–Trinajstić information content (AvgIpc) is 2.31. The minimum absolute atomic E-state index is 0.249. The third kappa shape index (κ3) is 2.95.